The van der Waals surface area contributed by atoms with E-state index >= 15 is 0 Å². The molecular weight excluding hydrogens is 192 g/mol. The summed E-state index contributed by atoms with van der Waals surface area (Å²) >= 11 is 0. The first kappa shape index (κ1) is 9.51. The molecule has 0 radical (unpaired) electrons. The molecule has 2 rings (SSSR count). The maximum absolute atomic E-state index is 12.8. The van der Waals surface area contributed by atoms with Gasteiger partial charge in [0.25, 0.3) is 5.92 Å². The highest BCUT2D eigenvalue weighted by molar-refractivity contribution is 4.99. The molecule has 1 aromatic heterocycles. The molecule has 0 aliphatic carbocycles. The SMILES string of the molecule is CCc1noc([C@@H]2CC(F)(F)CN2)n1. The minimum Gasteiger partial charge on any atom is -0.338 e. The van der Waals surface area contributed by atoms with Gasteiger partial charge in [0.1, 0.15) is 0 Å². The van der Waals surface area contributed by atoms with Crippen LogP contribution in [0.1, 0.15) is 31.1 Å². The van der Waals surface area contributed by atoms with Crippen LogP contribution in [0.5, 0.6) is 0 Å². The van der Waals surface area contributed by atoms with E-state index in [0.29, 0.717) is 12.2 Å². The second-order valence-electron chi connectivity index (χ2n) is 3.40. The average Bonchev–Trinajstić information content (AvgIpc) is 2.70. The zero-order valence-electron chi connectivity index (χ0n) is 7.76. The first-order chi connectivity index (χ1) is 6.61. The third-order valence-electron chi connectivity index (χ3n) is 2.21. The van der Waals surface area contributed by atoms with Gasteiger partial charge in [-0.15, -0.1) is 0 Å². The van der Waals surface area contributed by atoms with E-state index in [1.165, 1.54) is 0 Å². The van der Waals surface area contributed by atoms with Gasteiger partial charge >= 0.3 is 0 Å². The van der Waals surface area contributed by atoms with Crippen LogP contribution < -0.4 is 5.32 Å². The van der Waals surface area contributed by atoms with Gasteiger partial charge in [-0.05, 0) is 0 Å². The summed E-state index contributed by atoms with van der Waals surface area (Å²) in [4.78, 5) is 4.00. The Balaban J connectivity index is 2.09. The fourth-order valence-electron chi connectivity index (χ4n) is 1.44. The van der Waals surface area contributed by atoms with Crippen molar-refractivity contribution in [3.63, 3.8) is 0 Å². The lowest BCUT2D eigenvalue weighted by molar-refractivity contribution is 0.0200. The number of nitrogens with one attached hydrogen (secondary N) is 1. The van der Waals surface area contributed by atoms with E-state index in [2.05, 4.69) is 15.5 Å². The Labute approximate surface area is 79.7 Å². The summed E-state index contributed by atoms with van der Waals surface area (Å²) in [5.41, 5.74) is 0. The molecule has 2 heterocycles. The number of hydrogen-bond acceptors (Lipinski definition) is 4. The lowest BCUT2D eigenvalue weighted by Gasteiger charge is -2.04. The van der Waals surface area contributed by atoms with Crippen LogP contribution in [0.4, 0.5) is 8.78 Å². The Morgan fingerprint density at radius 2 is 2.43 bits per heavy atom. The molecule has 0 aromatic carbocycles. The van der Waals surface area contributed by atoms with Gasteiger partial charge in [0, 0.05) is 12.8 Å². The molecule has 1 atom stereocenters. The average molecular weight is 203 g/mol. The number of hydrogen-bond donors (Lipinski definition) is 1. The van der Waals surface area contributed by atoms with Crippen LogP contribution >= 0.6 is 0 Å². The third kappa shape index (κ3) is 1.75. The molecule has 1 aliphatic rings. The van der Waals surface area contributed by atoms with E-state index in [1.807, 2.05) is 6.92 Å². The second-order valence-corrected chi connectivity index (χ2v) is 3.40. The summed E-state index contributed by atoms with van der Waals surface area (Å²) < 4.78 is 30.5. The largest absolute Gasteiger partial charge is 0.338 e. The first-order valence-electron chi connectivity index (χ1n) is 4.54. The fourth-order valence-corrected chi connectivity index (χ4v) is 1.44. The van der Waals surface area contributed by atoms with Crippen molar-refractivity contribution in [3.8, 4) is 0 Å². The van der Waals surface area contributed by atoms with Crippen molar-refractivity contribution in [2.75, 3.05) is 6.54 Å². The summed E-state index contributed by atoms with van der Waals surface area (Å²) in [5, 5.41) is 6.31. The second kappa shape index (κ2) is 3.27. The third-order valence-corrected chi connectivity index (χ3v) is 2.21. The van der Waals surface area contributed by atoms with Crippen molar-refractivity contribution < 1.29 is 13.3 Å². The van der Waals surface area contributed by atoms with Gasteiger partial charge in [0.05, 0.1) is 12.6 Å². The van der Waals surface area contributed by atoms with Crippen LogP contribution in [0.2, 0.25) is 0 Å². The molecule has 78 valence electrons. The zero-order valence-corrected chi connectivity index (χ0v) is 7.76. The topological polar surface area (TPSA) is 51.0 Å². The molecular formula is C8H11F2N3O. The van der Waals surface area contributed by atoms with Crippen LogP contribution in [0.25, 0.3) is 0 Å². The molecule has 0 bridgehead atoms. The molecule has 1 aromatic rings. The van der Waals surface area contributed by atoms with Crippen molar-refractivity contribution in [3.05, 3.63) is 11.7 Å². The minimum atomic E-state index is -2.66. The molecule has 0 amide bonds. The van der Waals surface area contributed by atoms with Crippen LogP contribution in [0.3, 0.4) is 0 Å². The normalized spacial score (nSPS) is 25.5. The van der Waals surface area contributed by atoms with Crippen molar-refractivity contribution in [1.82, 2.24) is 15.5 Å². The number of alkyl halides is 2. The van der Waals surface area contributed by atoms with Crippen molar-refractivity contribution in [2.24, 2.45) is 0 Å². The summed E-state index contributed by atoms with van der Waals surface area (Å²) in [7, 11) is 0. The summed E-state index contributed by atoms with van der Waals surface area (Å²) in [5.74, 6) is -1.85. The fraction of sp³-hybridized carbons (Fsp3) is 0.750. The summed E-state index contributed by atoms with van der Waals surface area (Å²) in [6.07, 6.45) is 0.380. The number of nitrogens with zero attached hydrogens (tertiary/aromatic N) is 2. The van der Waals surface area contributed by atoms with Gasteiger partial charge in [-0.25, -0.2) is 8.78 Å². The highest BCUT2D eigenvalue weighted by Gasteiger charge is 2.42. The molecule has 1 aliphatic heterocycles. The van der Waals surface area contributed by atoms with Crippen LogP contribution in [-0.4, -0.2) is 22.6 Å². The zero-order chi connectivity index (χ0) is 10.2. The van der Waals surface area contributed by atoms with E-state index in [1.54, 1.807) is 0 Å². The van der Waals surface area contributed by atoms with Crippen molar-refractivity contribution in [1.29, 1.82) is 0 Å². The van der Waals surface area contributed by atoms with E-state index in [4.69, 9.17) is 4.52 Å². The predicted molar refractivity (Wildman–Crippen MR) is 44.0 cm³/mol. The Hall–Kier alpha value is -1.04. The summed E-state index contributed by atoms with van der Waals surface area (Å²) in [6, 6.07) is -0.502. The number of aromatic nitrogens is 2. The molecule has 1 saturated heterocycles. The first-order valence-corrected chi connectivity index (χ1v) is 4.54. The standard InChI is InChI=1S/C8H11F2N3O/c1-2-6-12-7(14-13-6)5-3-8(9,10)4-11-5/h5,11H,2-4H2,1H3/t5-/m0/s1. The molecule has 6 heteroatoms. The quantitative estimate of drug-likeness (QED) is 0.787. The highest BCUT2D eigenvalue weighted by atomic mass is 19.3. The molecule has 14 heavy (non-hydrogen) atoms. The number of aryl methyl sites for hydroxylation is 1. The highest BCUT2D eigenvalue weighted by Crippen LogP contribution is 2.32. The monoisotopic (exact) mass is 203 g/mol. The maximum Gasteiger partial charge on any atom is 0.262 e. The number of rotatable bonds is 2. The van der Waals surface area contributed by atoms with Gasteiger partial charge in [0.15, 0.2) is 5.82 Å². The van der Waals surface area contributed by atoms with E-state index < -0.39 is 12.0 Å². The van der Waals surface area contributed by atoms with Gasteiger partial charge in [-0.1, -0.05) is 12.1 Å². The number of halogens is 2. The molecule has 0 spiro atoms. The Kier molecular flexibility index (Phi) is 2.22. The lowest BCUT2D eigenvalue weighted by Crippen LogP contribution is -2.19. The molecule has 0 unspecified atom stereocenters. The predicted octanol–water partition coefficient (Wildman–Crippen LogP) is 1.30. The Morgan fingerprint density at radius 3 is 2.93 bits per heavy atom. The van der Waals surface area contributed by atoms with E-state index in [9.17, 15) is 8.78 Å². The Morgan fingerprint density at radius 1 is 1.64 bits per heavy atom. The molecule has 4 nitrogen and oxygen atoms in total. The van der Waals surface area contributed by atoms with Gasteiger partial charge < -0.3 is 4.52 Å². The van der Waals surface area contributed by atoms with Crippen molar-refractivity contribution in [2.45, 2.75) is 31.7 Å². The van der Waals surface area contributed by atoms with Gasteiger partial charge in [-0.2, -0.15) is 4.98 Å². The van der Waals surface area contributed by atoms with Crippen LogP contribution in [-0.2, 0) is 6.42 Å². The van der Waals surface area contributed by atoms with Gasteiger partial charge in [0.2, 0.25) is 5.89 Å². The Bertz CT molecular complexity index is 326. The summed E-state index contributed by atoms with van der Waals surface area (Å²) in [6.45, 7) is 1.56. The minimum absolute atomic E-state index is 0.263. The molecule has 1 N–H and O–H groups in total. The smallest absolute Gasteiger partial charge is 0.262 e. The lowest BCUT2D eigenvalue weighted by atomic mass is 10.2. The van der Waals surface area contributed by atoms with E-state index in [-0.39, 0.29) is 18.9 Å². The maximum atomic E-state index is 12.8. The molecule has 1 fully saturated rings. The molecule has 0 saturated carbocycles. The van der Waals surface area contributed by atoms with Gasteiger partial charge in [-0.3, -0.25) is 5.32 Å². The van der Waals surface area contributed by atoms with E-state index in [0.717, 1.165) is 0 Å². The van der Waals surface area contributed by atoms with Crippen LogP contribution in [0, 0.1) is 0 Å². The van der Waals surface area contributed by atoms with Crippen molar-refractivity contribution >= 4 is 0 Å². The van der Waals surface area contributed by atoms with Crippen LogP contribution in [0.15, 0.2) is 4.52 Å².